The summed E-state index contributed by atoms with van der Waals surface area (Å²) in [6.45, 7) is 2.21. The Kier molecular flexibility index (Phi) is 4.57. The summed E-state index contributed by atoms with van der Waals surface area (Å²) in [5.41, 5.74) is 1.78. The summed E-state index contributed by atoms with van der Waals surface area (Å²) >= 11 is 0. The van der Waals surface area contributed by atoms with Crippen LogP contribution in [0.25, 0.3) is 5.69 Å². The number of benzene rings is 1. The number of hydrogen-bond acceptors (Lipinski definition) is 5. The van der Waals surface area contributed by atoms with Crippen molar-refractivity contribution in [2.75, 3.05) is 33.4 Å². The standard InChI is InChI=1S/C18H21N5O4/c1-26-16-4-2-3-14(7-16)23-10-13(9-20-23)8-19-17(24)21-5-6-22-15(11-21)12-27-18(22)25/h2-4,7,9-10,15H,5-6,8,11-12H2,1H3,(H,19,24). The number of fused-ring (bicyclic) bond motifs is 1. The molecule has 142 valence electrons. The van der Waals surface area contributed by atoms with Gasteiger partial charge in [-0.25, -0.2) is 14.3 Å². The van der Waals surface area contributed by atoms with E-state index in [-0.39, 0.29) is 18.2 Å². The number of cyclic esters (lactones) is 1. The zero-order chi connectivity index (χ0) is 18.8. The van der Waals surface area contributed by atoms with Gasteiger partial charge in [0.15, 0.2) is 0 Å². The van der Waals surface area contributed by atoms with Gasteiger partial charge < -0.3 is 19.7 Å². The first-order valence-electron chi connectivity index (χ1n) is 8.78. The van der Waals surface area contributed by atoms with Crippen molar-refractivity contribution < 1.29 is 19.1 Å². The van der Waals surface area contributed by atoms with Crippen LogP contribution in [-0.4, -0.2) is 71.1 Å². The minimum absolute atomic E-state index is 0.0483. The van der Waals surface area contributed by atoms with E-state index in [9.17, 15) is 9.59 Å². The summed E-state index contributed by atoms with van der Waals surface area (Å²) in [6.07, 6.45) is 3.31. The number of piperazine rings is 1. The van der Waals surface area contributed by atoms with Crippen LogP contribution < -0.4 is 10.1 Å². The van der Waals surface area contributed by atoms with Crippen LogP contribution in [0, 0.1) is 0 Å². The van der Waals surface area contributed by atoms with Crippen molar-refractivity contribution in [3.8, 4) is 11.4 Å². The molecule has 2 aliphatic heterocycles. The zero-order valence-electron chi connectivity index (χ0n) is 15.0. The SMILES string of the molecule is COc1cccc(-n2cc(CNC(=O)N3CCN4C(=O)OCC4C3)cn2)c1. The number of ether oxygens (including phenoxy) is 2. The highest BCUT2D eigenvalue weighted by Gasteiger charge is 2.38. The van der Waals surface area contributed by atoms with E-state index >= 15 is 0 Å². The van der Waals surface area contributed by atoms with Gasteiger partial charge in [-0.3, -0.25) is 4.90 Å². The second-order valence-corrected chi connectivity index (χ2v) is 6.52. The average molecular weight is 371 g/mol. The van der Waals surface area contributed by atoms with Crippen molar-refractivity contribution in [3.63, 3.8) is 0 Å². The van der Waals surface area contributed by atoms with E-state index in [0.29, 0.717) is 32.8 Å². The quantitative estimate of drug-likeness (QED) is 0.873. The number of nitrogens with zero attached hydrogens (tertiary/aromatic N) is 4. The lowest BCUT2D eigenvalue weighted by atomic mass is 10.2. The fourth-order valence-corrected chi connectivity index (χ4v) is 3.31. The molecule has 0 bridgehead atoms. The van der Waals surface area contributed by atoms with Gasteiger partial charge in [-0.2, -0.15) is 5.10 Å². The molecule has 9 heteroatoms. The number of aromatic nitrogens is 2. The van der Waals surface area contributed by atoms with E-state index in [1.807, 2.05) is 30.5 Å². The molecule has 1 N–H and O–H groups in total. The first-order chi connectivity index (χ1) is 13.1. The van der Waals surface area contributed by atoms with Gasteiger partial charge in [0.05, 0.1) is 25.0 Å². The lowest BCUT2D eigenvalue weighted by Gasteiger charge is -2.35. The Bertz CT molecular complexity index is 852. The maximum Gasteiger partial charge on any atom is 0.410 e. The number of methoxy groups -OCH3 is 1. The molecule has 1 aromatic heterocycles. The normalized spacial score (nSPS) is 18.9. The highest BCUT2D eigenvalue weighted by atomic mass is 16.6. The number of amides is 3. The average Bonchev–Trinajstić information content (AvgIpc) is 3.33. The Labute approximate surface area is 156 Å². The molecule has 0 aliphatic carbocycles. The Balaban J connectivity index is 1.33. The van der Waals surface area contributed by atoms with Crippen LogP contribution in [0.15, 0.2) is 36.7 Å². The fraction of sp³-hybridized carbons (Fsp3) is 0.389. The highest BCUT2D eigenvalue weighted by Crippen LogP contribution is 2.18. The number of carbonyl (C=O) groups excluding carboxylic acids is 2. The Morgan fingerprint density at radius 2 is 2.30 bits per heavy atom. The molecule has 1 unspecified atom stereocenters. The molecular weight excluding hydrogens is 350 g/mol. The molecule has 3 heterocycles. The lowest BCUT2D eigenvalue weighted by molar-refractivity contribution is 0.127. The molecule has 3 amide bonds. The van der Waals surface area contributed by atoms with Crippen LogP contribution >= 0.6 is 0 Å². The summed E-state index contributed by atoms with van der Waals surface area (Å²) in [6, 6.07) is 7.39. The minimum atomic E-state index is -0.287. The number of nitrogens with one attached hydrogen (secondary N) is 1. The summed E-state index contributed by atoms with van der Waals surface area (Å²) in [5, 5.41) is 7.25. The number of rotatable bonds is 4. The van der Waals surface area contributed by atoms with Crippen molar-refractivity contribution in [3.05, 3.63) is 42.2 Å². The molecule has 2 aromatic rings. The van der Waals surface area contributed by atoms with Crippen molar-refractivity contribution in [2.24, 2.45) is 0 Å². The van der Waals surface area contributed by atoms with Crippen molar-refractivity contribution in [1.82, 2.24) is 24.9 Å². The number of hydrogen-bond donors (Lipinski definition) is 1. The van der Waals surface area contributed by atoms with Crippen molar-refractivity contribution >= 4 is 12.1 Å². The van der Waals surface area contributed by atoms with Crippen molar-refractivity contribution in [2.45, 2.75) is 12.6 Å². The molecule has 1 atom stereocenters. The molecule has 0 saturated carbocycles. The summed E-state index contributed by atoms with van der Waals surface area (Å²) in [5.74, 6) is 0.756. The first kappa shape index (κ1) is 17.2. The maximum atomic E-state index is 12.4. The smallest absolute Gasteiger partial charge is 0.410 e. The van der Waals surface area contributed by atoms with E-state index in [2.05, 4.69) is 10.4 Å². The van der Waals surface area contributed by atoms with Crippen LogP contribution in [0.4, 0.5) is 9.59 Å². The fourth-order valence-electron chi connectivity index (χ4n) is 3.31. The van der Waals surface area contributed by atoms with Gasteiger partial charge >= 0.3 is 12.1 Å². The van der Waals surface area contributed by atoms with E-state index in [1.54, 1.807) is 27.8 Å². The number of urea groups is 1. The molecule has 4 rings (SSSR count). The molecule has 2 saturated heterocycles. The van der Waals surface area contributed by atoms with Crippen LogP contribution in [0.1, 0.15) is 5.56 Å². The predicted molar refractivity (Wildman–Crippen MR) is 95.8 cm³/mol. The van der Waals surface area contributed by atoms with E-state index in [4.69, 9.17) is 9.47 Å². The third kappa shape index (κ3) is 3.53. The Morgan fingerprint density at radius 3 is 3.15 bits per heavy atom. The van der Waals surface area contributed by atoms with Crippen LogP contribution in [0.3, 0.4) is 0 Å². The van der Waals surface area contributed by atoms with Gasteiger partial charge in [0.25, 0.3) is 0 Å². The second kappa shape index (κ2) is 7.18. The Morgan fingerprint density at radius 1 is 1.41 bits per heavy atom. The van der Waals surface area contributed by atoms with Gasteiger partial charge in [-0.1, -0.05) is 6.07 Å². The molecule has 2 fully saturated rings. The van der Waals surface area contributed by atoms with Gasteiger partial charge in [0.2, 0.25) is 0 Å². The van der Waals surface area contributed by atoms with Crippen LogP contribution in [0.5, 0.6) is 5.75 Å². The third-order valence-corrected chi connectivity index (χ3v) is 4.80. The highest BCUT2D eigenvalue weighted by molar-refractivity contribution is 5.75. The van der Waals surface area contributed by atoms with Gasteiger partial charge in [-0.15, -0.1) is 0 Å². The predicted octanol–water partition coefficient (Wildman–Crippen LogP) is 1.23. The Hall–Kier alpha value is -3.23. The first-order valence-corrected chi connectivity index (χ1v) is 8.78. The van der Waals surface area contributed by atoms with Gasteiger partial charge in [0.1, 0.15) is 12.4 Å². The maximum absolute atomic E-state index is 12.4. The van der Waals surface area contributed by atoms with Crippen LogP contribution in [0.2, 0.25) is 0 Å². The molecule has 1 aromatic carbocycles. The molecule has 0 spiro atoms. The minimum Gasteiger partial charge on any atom is -0.497 e. The molecule has 27 heavy (non-hydrogen) atoms. The van der Waals surface area contributed by atoms with Crippen LogP contribution in [-0.2, 0) is 11.3 Å². The summed E-state index contributed by atoms with van der Waals surface area (Å²) in [7, 11) is 1.62. The lowest BCUT2D eigenvalue weighted by Crippen LogP contribution is -2.55. The summed E-state index contributed by atoms with van der Waals surface area (Å²) < 4.78 is 12.0. The molecular formula is C18H21N5O4. The molecule has 0 radical (unpaired) electrons. The molecule has 2 aliphatic rings. The van der Waals surface area contributed by atoms with Gasteiger partial charge in [0, 0.05) is 44.0 Å². The van der Waals surface area contributed by atoms with E-state index < -0.39 is 0 Å². The number of carbonyl (C=O) groups is 2. The van der Waals surface area contributed by atoms with E-state index in [1.165, 1.54) is 0 Å². The van der Waals surface area contributed by atoms with E-state index in [0.717, 1.165) is 17.0 Å². The zero-order valence-corrected chi connectivity index (χ0v) is 15.0. The second-order valence-electron chi connectivity index (χ2n) is 6.52. The topological polar surface area (TPSA) is 88.9 Å². The largest absolute Gasteiger partial charge is 0.497 e. The summed E-state index contributed by atoms with van der Waals surface area (Å²) in [4.78, 5) is 27.4. The third-order valence-electron chi connectivity index (χ3n) is 4.80. The van der Waals surface area contributed by atoms with Gasteiger partial charge in [-0.05, 0) is 12.1 Å². The van der Waals surface area contributed by atoms with Crippen molar-refractivity contribution in [1.29, 1.82) is 0 Å². The monoisotopic (exact) mass is 371 g/mol. The molecule has 9 nitrogen and oxygen atoms in total.